The zero-order valence-electron chi connectivity index (χ0n) is 42.1. The maximum Gasteiger partial charge on any atom is 0.0985 e. The van der Waals surface area contributed by atoms with E-state index in [-0.39, 0.29) is 10.8 Å². The van der Waals surface area contributed by atoms with Gasteiger partial charge in [-0.05, 0) is 184 Å². The van der Waals surface area contributed by atoms with Gasteiger partial charge in [0.1, 0.15) is 0 Å². The van der Waals surface area contributed by atoms with Crippen LogP contribution in [0.15, 0.2) is 0 Å². The summed E-state index contributed by atoms with van der Waals surface area (Å²) in [6.07, 6.45) is 21.4. The molecular weight excluding hydrogens is 769 g/mol. The molecule has 0 spiro atoms. The molecule has 6 N–H and O–H groups in total. The molecule has 8 aliphatic carbocycles. The molecule has 6 heteroatoms. The van der Waals surface area contributed by atoms with Crippen molar-refractivity contribution in [1.29, 1.82) is 0 Å². The van der Waals surface area contributed by atoms with Crippen LogP contribution in [0.3, 0.4) is 0 Å². The Hall–Kier alpha value is -0.240. The fourth-order valence-corrected chi connectivity index (χ4v) is 19.2. The Balaban J connectivity index is 0.000000187. The van der Waals surface area contributed by atoms with E-state index in [1.165, 1.54) is 89.9 Å². The van der Waals surface area contributed by atoms with Gasteiger partial charge < -0.3 is 30.6 Å². The van der Waals surface area contributed by atoms with Crippen molar-refractivity contribution >= 4 is 0 Å². The highest BCUT2D eigenvalue weighted by Gasteiger charge is 2.69. The Labute approximate surface area is 381 Å². The van der Waals surface area contributed by atoms with E-state index in [4.69, 9.17) is 0 Å². The number of aliphatic hydroxyl groups is 6. The van der Waals surface area contributed by atoms with Crippen LogP contribution in [0.2, 0.25) is 0 Å². The zero-order chi connectivity index (χ0) is 45.4. The van der Waals surface area contributed by atoms with Crippen molar-refractivity contribution in [2.45, 2.75) is 253 Å². The van der Waals surface area contributed by atoms with Gasteiger partial charge in [-0.25, -0.2) is 0 Å². The van der Waals surface area contributed by atoms with Gasteiger partial charge in [0.15, 0.2) is 0 Å². The van der Waals surface area contributed by atoms with E-state index >= 15 is 0 Å². The molecule has 0 aliphatic heterocycles. The minimum Gasteiger partial charge on any atom is -0.393 e. The monoisotopic (exact) mass is 869 g/mol. The van der Waals surface area contributed by atoms with E-state index in [1.807, 2.05) is 0 Å². The molecule has 0 amide bonds. The molecule has 6 nitrogen and oxygen atoms in total. The summed E-state index contributed by atoms with van der Waals surface area (Å²) < 4.78 is 0. The molecule has 8 rings (SSSR count). The minimum absolute atomic E-state index is 0.253. The highest BCUT2D eigenvalue weighted by atomic mass is 16.4. The second-order valence-corrected chi connectivity index (χ2v) is 26.5. The van der Waals surface area contributed by atoms with E-state index in [0.29, 0.717) is 59.2 Å². The van der Waals surface area contributed by atoms with Crippen LogP contribution in [0.1, 0.15) is 217 Å². The number of hydrogen-bond acceptors (Lipinski definition) is 6. The van der Waals surface area contributed by atoms with E-state index < -0.39 is 35.6 Å². The third-order valence-electron chi connectivity index (χ3n) is 23.1. The molecule has 0 radical (unpaired) electrons. The zero-order valence-corrected chi connectivity index (χ0v) is 42.1. The number of fused-ring (bicyclic) bond motifs is 10. The molecule has 8 fully saturated rings. The molecule has 8 aliphatic rings. The van der Waals surface area contributed by atoms with Crippen molar-refractivity contribution in [3.05, 3.63) is 0 Å². The van der Waals surface area contributed by atoms with Gasteiger partial charge in [-0.1, -0.05) is 108 Å². The first-order valence-electron chi connectivity index (χ1n) is 27.2. The topological polar surface area (TPSA) is 121 Å². The van der Waals surface area contributed by atoms with Gasteiger partial charge in [-0.3, -0.25) is 0 Å². The largest absolute Gasteiger partial charge is 0.393 e. The van der Waals surface area contributed by atoms with Gasteiger partial charge in [0.05, 0.1) is 35.6 Å². The van der Waals surface area contributed by atoms with Crippen LogP contribution in [0.4, 0.5) is 0 Å². The molecule has 62 heavy (non-hydrogen) atoms. The highest BCUT2D eigenvalue weighted by molar-refractivity contribution is 5.19. The third-order valence-corrected chi connectivity index (χ3v) is 23.1. The average Bonchev–Trinajstić information content (AvgIpc) is 3.75. The molecule has 8 saturated carbocycles. The summed E-state index contributed by atoms with van der Waals surface area (Å²) in [4.78, 5) is 0. The fraction of sp³-hybridized carbons (Fsp3) is 1.00. The molecule has 0 aromatic rings. The van der Waals surface area contributed by atoms with E-state index in [1.54, 1.807) is 0 Å². The predicted molar refractivity (Wildman–Crippen MR) is 253 cm³/mol. The number of hydrogen-bond donors (Lipinski definition) is 6. The van der Waals surface area contributed by atoms with Crippen molar-refractivity contribution in [2.75, 3.05) is 0 Å². The fourth-order valence-electron chi connectivity index (χ4n) is 19.2. The summed E-state index contributed by atoms with van der Waals surface area (Å²) in [5.74, 6) is 9.04. The molecule has 7 unspecified atom stereocenters. The summed E-state index contributed by atoms with van der Waals surface area (Å²) >= 11 is 0. The lowest BCUT2D eigenvalue weighted by atomic mass is 9.42. The molecule has 21 atom stereocenters. The Morgan fingerprint density at radius 1 is 0.500 bits per heavy atom. The summed E-state index contributed by atoms with van der Waals surface area (Å²) in [5, 5.41) is 66.2. The van der Waals surface area contributed by atoms with Crippen LogP contribution in [-0.2, 0) is 0 Å². The quantitative estimate of drug-likeness (QED) is 0.123. The molecule has 0 bridgehead atoms. The van der Waals surface area contributed by atoms with E-state index in [2.05, 4.69) is 76.2 Å². The third kappa shape index (κ3) is 8.19. The van der Waals surface area contributed by atoms with Crippen LogP contribution in [-0.4, -0.2) is 66.3 Å². The Kier molecular flexibility index (Phi) is 14.7. The van der Waals surface area contributed by atoms with Crippen molar-refractivity contribution < 1.29 is 30.6 Å². The molecule has 0 aromatic carbocycles. The lowest BCUT2D eigenvalue weighted by molar-refractivity contribution is -0.264. The summed E-state index contributed by atoms with van der Waals surface area (Å²) in [7, 11) is 0. The second kappa shape index (κ2) is 18.3. The van der Waals surface area contributed by atoms with Gasteiger partial charge in [0, 0.05) is 23.7 Å². The van der Waals surface area contributed by atoms with Gasteiger partial charge in [0.2, 0.25) is 0 Å². The van der Waals surface area contributed by atoms with Crippen LogP contribution >= 0.6 is 0 Å². The summed E-state index contributed by atoms with van der Waals surface area (Å²) in [6, 6.07) is 0. The van der Waals surface area contributed by atoms with E-state index in [9.17, 15) is 30.6 Å². The molecule has 0 aromatic heterocycles. The molecular formula is C56H100O6. The van der Waals surface area contributed by atoms with Gasteiger partial charge in [-0.15, -0.1) is 0 Å². The van der Waals surface area contributed by atoms with Crippen molar-refractivity contribution in [2.24, 2.45) is 98.6 Å². The SMILES string of the molecule is CC(C)CCC[C@@H](C)[C@H]1CC[C@H]2[C@@H]3CC(O)C4(O)CC(O)CC[C@]4(C)[C@H]3CC[C@]12C.CCC(CC[C@@H](C)[C@H]1CC[C@H]2[C@@H]3CC(O)C4(O)CC(O)CC[C@]4(C)[C@H]3CC[C@]12C)C(C)C. The van der Waals surface area contributed by atoms with Gasteiger partial charge >= 0.3 is 0 Å². The predicted octanol–water partition coefficient (Wildman–Crippen LogP) is 11.7. The normalized spacial score (nSPS) is 51.1. The average molecular weight is 869 g/mol. The first-order valence-corrected chi connectivity index (χ1v) is 27.2. The molecule has 360 valence electrons. The lowest BCUT2D eigenvalue weighted by Gasteiger charge is -2.65. The van der Waals surface area contributed by atoms with Crippen LogP contribution in [0.5, 0.6) is 0 Å². The van der Waals surface area contributed by atoms with Crippen molar-refractivity contribution in [1.82, 2.24) is 0 Å². The van der Waals surface area contributed by atoms with Gasteiger partial charge in [0.25, 0.3) is 0 Å². The van der Waals surface area contributed by atoms with Crippen LogP contribution < -0.4 is 0 Å². The Bertz CT molecular complexity index is 1500. The Morgan fingerprint density at radius 3 is 1.34 bits per heavy atom. The standard InChI is InChI=1S/C29H52O3.C27H48O3/c1-7-20(18(2)3)9-8-19(4)23-10-11-24-22-16-26(31)29(32)17-21(30)12-15-28(29,6)25(22)13-14-27(23,24)5;1-17(2)7-6-8-18(3)21-9-10-22-20-15-24(29)27(30)16-19(28)11-14-26(27,5)23(20)12-13-25(21,22)4/h18-26,30-32H,7-17H2,1-6H3;17-24,28-30H,6-16H2,1-5H3/t19-,20?,21?,22+,23-,24+,25+,26?,27-,28-,29?;18-,19?,20+,21-,22+,23+,24?,25-,26-,27?/m11/s1. The maximum absolute atomic E-state index is 11.7. The lowest BCUT2D eigenvalue weighted by Crippen LogP contribution is -2.68. The number of aliphatic hydroxyl groups excluding tert-OH is 4. The van der Waals surface area contributed by atoms with Crippen molar-refractivity contribution in [3.8, 4) is 0 Å². The summed E-state index contributed by atoms with van der Waals surface area (Å²) in [5.41, 5.74) is -1.95. The minimum atomic E-state index is -1.11. The molecule has 0 heterocycles. The maximum atomic E-state index is 11.7. The first kappa shape index (κ1) is 49.7. The van der Waals surface area contributed by atoms with Gasteiger partial charge in [-0.2, -0.15) is 0 Å². The second-order valence-electron chi connectivity index (χ2n) is 26.5. The van der Waals surface area contributed by atoms with E-state index in [0.717, 1.165) is 80.0 Å². The van der Waals surface area contributed by atoms with Crippen LogP contribution in [0, 0.1) is 98.6 Å². The first-order chi connectivity index (χ1) is 29.0. The highest BCUT2D eigenvalue weighted by Crippen LogP contribution is 2.71. The molecule has 0 saturated heterocycles. The summed E-state index contributed by atoms with van der Waals surface area (Å²) in [6.45, 7) is 26.4. The number of rotatable bonds is 11. The Morgan fingerprint density at radius 2 is 0.935 bits per heavy atom. The smallest absolute Gasteiger partial charge is 0.0985 e. The van der Waals surface area contributed by atoms with Crippen molar-refractivity contribution in [3.63, 3.8) is 0 Å². The van der Waals surface area contributed by atoms with Crippen LogP contribution in [0.25, 0.3) is 0 Å².